The second-order valence-electron chi connectivity index (χ2n) is 10.5. The molecule has 4 aliphatic rings. The molecule has 8 atom stereocenters. The van der Waals surface area contributed by atoms with Crippen LogP contribution in [-0.2, 0) is 4.79 Å². The molecule has 0 saturated heterocycles. The van der Waals surface area contributed by atoms with Crippen LogP contribution in [0.25, 0.3) is 0 Å². The van der Waals surface area contributed by atoms with Crippen molar-refractivity contribution in [2.45, 2.75) is 85.0 Å². The monoisotopic (exact) mass is 342 g/mol. The third kappa shape index (κ3) is 2.59. The Morgan fingerprint density at radius 1 is 1.00 bits per heavy atom. The molecule has 1 heteroatoms. The van der Waals surface area contributed by atoms with Crippen LogP contribution in [-0.4, -0.2) is 5.78 Å². The molecule has 4 aliphatic carbocycles. The fraction of sp³-hybridized carbons (Fsp3) is 0.875. The summed E-state index contributed by atoms with van der Waals surface area (Å²) in [6, 6.07) is 0. The van der Waals surface area contributed by atoms with Gasteiger partial charge in [0.2, 0.25) is 0 Å². The van der Waals surface area contributed by atoms with Gasteiger partial charge in [-0.1, -0.05) is 32.8 Å². The van der Waals surface area contributed by atoms with Gasteiger partial charge in [0.05, 0.1) is 0 Å². The number of carbonyl (C=O) groups is 1. The van der Waals surface area contributed by atoms with Gasteiger partial charge in [-0.25, -0.2) is 0 Å². The highest BCUT2D eigenvalue weighted by Gasteiger charge is 2.59. The SMILES string of the molecule is C=C[C@]12CC[C@@H]3C(CC[C@@]4(C)C3CC[C@@H]4C(C)=O)[C@H]1CCC[C@H](C)C2. The highest BCUT2D eigenvalue weighted by atomic mass is 16.1. The Bertz CT molecular complexity index is 550. The van der Waals surface area contributed by atoms with Gasteiger partial charge in [-0.2, -0.15) is 0 Å². The van der Waals surface area contributed by atoms with Gasteiger partial charge in [0.1, 0.15) is 5.78 Å². The number of rotatable bonds is 2. The molecule has 0 spiro atoms. The topological polar surface area (TPSA) is 17.1 Å². The maximum atomic E-state index is 12.3. The van der Waals surface area contributed by atoms with Gasteiger partial charge in [0.15, 0.2) is 0 Å². The fourth-order valence-corrected chi connectivity index (χ4v) is 8.48. The summed E-state index contributed by atoms with van der Waals surface area (Å²) in [6.45, 7) is 11.1. The first-order valence-corrected chi connectivity index (χ1v) is 11.1. The van der Waals surface area contributed by atoms with Crippen LogP contribution in [0, 0.1) is 46.3 Å². The van der Waals surface area contributed by atoms with Crippen LogP contribution in [0.2, 0.25) is 0 Å². The third-order valence-corrected chi connectivity index (χ3v) is 9.53. The van der Waals surface area contributed by atoms with Gasteiger partial charge in [0.25, 0.3) is 0 Å². The first-order chi connectivity index (χ1) is 11.9. The molecule has 1 nitrogen and oxygen atoms in total. The van der Waals surface area contributed by atoms with E-state index in [9.17, 15) is 4.79 Å². The lowest BCUT2D eigenvalue weighted by Crippen LogP contribution is -2.51. The van der Waals surface area contributed by atoms with Crippen molar-refractivity contribution in [2.24, 2.45) is 46.3 Å². The Hall–Kier alpha value is -0.590. The van der Waals surface area contributed by atoms with Crippen LogP contribution in [0.15, 0.2) is 12.7 Å². The molecule has 2 unspecified atom stereocenters. The zero-order valence-electron chi connectivity index (χ0n) is 16.7. The summed E-state index contributed by atoms with van der Waals surface area (Å²) in [5, 5.41) is 0. The van der Waals surface area contributed by atoms with Crippen LogP contribution in [0.3, 0.4) is 0 Å². The van der Waals surface area contributed by atoms with E-state index < -0.39 is 0 Å². The largest absolute Gasteiger partial charge is 0.300 e. The molecule has 4 rings (SSSR count). The molecule has 0 amide bonds. The molecule has 0 aromatic heterocycles. The van der Waals surface area contributed by atoms with Gasteiger partial charge in [-0.15, -0.1) is 6.58 Å². The lowest BCUT2D eigenvalue weighted by molar-refractivity contribution is -0.128. The Morgan fingerprint density at radius 3 is 2.44 bits per heavy atom. The van der Waals surface area contributed by atoms with Crippen LogP contribution in [0.4, 0.5) is 0 Å². The minimum atomic E-state index is 0.305. The molecule has 0 heterocycles. The average Bonchev–Trinajstić information content (AvgIpc) is 2.83. The molecule has 0 N–H and O–H groups in total. The minimum Gasteiger partial charge on any atom is -0.300 e. The number of allylic oxidation sites excluding steroid dienone is 1. The number of ketones is 1. The van der Waals surface area contributed by atoms with E-state index in [1.807, 2.05) is 6.92 Å². The first kappa shape index (κ1) is 17.8. The number of Topliss-reactive ketones (excluding diaryl/α,β-unsaturated/α-hetero) is 1. The van der Waals surface area contributed by atoms with E-state index in [1.54, 1.807) is 0 Å². The lowest BCUT2D eigenvalue weighted by Gasteiger charge is -2.58. The van der Waals surface area contributed by atoms with Crippen molar-refractivity contribution >= 4 is 5.78 Å². The van der Waals surface area contributed by atoms with Crippen molar-refractivity contribution in [3.8, 4) is 0 Å². The van der Waals surface area contributed by atoms with Gasteiger partial charge >= 0.3 is 0 Å². The lowest BCUT2D eigenvalue weighted by atomic mass is 9.47. The summed E-state index contributed by atoms with van der Waals surface area (Å²) >= 11 is 0. The Kier molecular flexibility index (Phi) is 4.44. The molecule has 4 fully saturated rings. The second-order valence-corrected chi connectivity index (χ2v) is 10.5. The number of fused-ring (bicyclic) bond motifs is 5. The maximum Gasteiger partial charge on any atom is 0.133 e. The molecule has 0 bridgehead atoms. The van der Waals surface area contributed by atoms with E-state index in [2.05, 4.69) is 26.5 Å². The smallest absolute Gasteiger partial charge is 0.133 e. The number of carbonyl (C=O) groups excluding carboxylic acids is 1. The normalized spacial score (nSPS) is 52.4. The molecule has 0 aromatic carbocycles. The van der Waals surface area contributed by atoms with Crippen LogP contribution in [0.1, 0.15) is 85.0 Å². The zero-order chi connectivity index (χ0) is 17.8. The van der Waals surface area contributed by atoms with Crippen molar-refractivity contribution in [2.75, 3.05) is 0 Å². The number of hydrogen-bond acceptors (Lipinski definition) is 1. The summed E-state index contributed by atoms with van der Waals surface area (Å²) in [4.78, 5) is 12.3. The average molecular weight is 343 g/mol. The van der Waals surface area contributed by atoms with E-state index in [0.717, 1.165) is 36.0 Å². The first-order valence-electron chi connectivity index (χ1n) is 11.1. The summed E-state index contributed by atoms with van der Waals surface area (Å²) in [5.41, 5.74) is 0.725. The van der Waals surface area contributed by atoms with Gasteiger partial charge in [-0.05, 0) is 98.7 Å². The van der Waals surface area contributed by atoms with E-state index in [1.165, 1.54) is 57.8 Å². The molecular weight excluding hydrogens is 304 g/mol. The molecular formula is C24H38O. The van der Waals surface area contributed by atoms with Crippen molar-refractivity contribution in [3.05, 3.63) is 12.7 Å². The van der Waals surface area contributed by atoms with Crippen LogP contribution < -0.4 is 0 Å². The summed E-state index contributed by atoms with van der Waals surface area (Å²) in [5.74, 6) is 5.14. The van der Waals surface area contributed by atoms with Crippen LogP contribution >= 0.6 is 0 Å². The second kappa shape index (κ2) is 6.24. The Morgan fingerprint density at radius 2 is 1.72 bits per heavy atom. The molecule has 0 radical (unpaired) electrons. The quantitative estimate of drug-likeness (QED) is 0.529. The molecule has 25 heavy (non-hydrogen) atoms. The molecule has 0 aromatic rings. The van der Waals surface area contributed by atoms with Crippen molar-refractivity contribution < 1.29 is 4.79 Å². The summed E-state index contributed by atoms with van der Waals surface area (Å²) < 4.78 is 0. The summed E-state index contributed by atoms with van der Waals surface area (Å²) in [7, 11) is 0. The molecule has 140 valence electrons. The fourth-order valence-electron chi connectivity index (χ4n) is 8.48. The Balaban J connectivity index is 1.63. The number of hydrogen-bond donors (Lipinski definition) is 0. The van der Waals surface area contributed by atoms with E-state index in [-0.39, 0.29) is 0 Å². The predicted molar refractivity (Wildman–Crippen MR) is 104 cm³/mol. The van der Waals surface area contributed by atoms with Crippen LogP contribution in [0.5, 0.6) is 0 Å². The van der Waals surface area contributed by atoms with Gasteiger partial charge in [-0.3, -0.25) is 4.79 Å². The summed E-state index contributed by atoms with van der Waals surface area (Å²) in [6.07, 6.45) is 15.9. The highest BCUT2D eigenvalue weighted by Crippen LogP contribution is 2.66. The van der Waals surface area contributed by atoms with Gasteiger partial charge in [0, 0.05) is 5.92 Å². The van der Waals surface area contributed by atoms with Crippen molar-refractivity contribution in [3.63, 3.8) is 0 Å². The standard InChI is InChI=1S/C24H38O/c1-5-24-14-12-18-19(22(24)8-6-7-16(2)15-24)11-13-23(4)20(17(3)25)9-10-21(18)23/h5,16,18-22H,1,6-15H2,2-4H3/t16-,18+,19?,20+,21?,22+,23+,24+/m0/s1. The molecule has 0 aliphatic heterocycles. The van der Waals surface area contributed by atoms with Crippen molar-refractivity contribution in [1.82, 2.24) is 0 Å². The highest BCUT2D eigenvalue weighted by molar-refractivity contribution is 5.79. The van der Waals surface area contributed by atoms with E-state index in [4.69, 9.17) is 0 Å². The maximum absolute atomic E-state index is 12.3. The van der Waals surface area contributed by atoms with Gasteiger partial charge < -0.3 is 0 Å². The van der Waals surface area contributed by atoms with E-state index >= 15 is 0 Å². The third-order valence-electron chi connectivity index (χ3n) is 9.53. The van der Waals surface area contributed by atoms with Crippen molar-refractivity contribution in [1.29, 1.82) is 0 Å². The molecule has 4 saturated carbocycles. The zero-order valence-corrected chi connectivity index (χ0v) is 16.7. The minimum absolute atomic E-state index is 0.305. The Labute approximate surface area is 155 Å². The predicted octanol–water partition coefficient (Wildman–Crippen LogP) is 6.43. The van der Waals surface area contributed by atoms with E-state index in [0.29, 0.717) is 22.5 Å².